The van der Waals surface area contributed by atoms with Crippen molar-refractivity contribution >= 4 is 11.5 Å². The molecule has 14 heavy (non-hydrogen) atoms. The molecule has 0 aromatic carbocycles. The summed E-state index contributed by atoms with van der Waals surface area (Å²) in [6, 6.07) is 5.95. The highest BCUT2D eigenvalue weighted by Gasteiger charge is 2.09. The van der Waals surface area contributed by atoms with Crippen LogP contribution >= 0.6 is 0 Å². The van der Waals surface area contributed by atoms with Crippen molar-refractivity contribution in [1.29, 1.82) is 5.26 Å². The van der Waals surface area contributed by atoms with E-state index in [-0.39, 0.29) is 6.04 Å². The monoisotopic (exact) mass is 190 g/mol. The molecule has 0 radical (unpaired) electrons. The average Bonchev–Trinajstić information content (AvgIpc) is 2.18. The molecule has 0 spiro atoms. The van der Waals surface area contributed by atoms with Crippen molar-refractivity contribution in [2.75, 3.05) is 17.7 Å². The van der Waals surface area contributed by atoms with E-state index >= 15 is 0 Å². The SMILES string of the molecule is CC(CC#N)N(C)c1ccc(N)cn1. The Kier molecular flexibility index (Phi) is 3.29. The van der Waals surface area contributed by atoms with Gasteiger partial charge in [0, 0.05) is 13.1 Å². The third kappa shape index (κ3) is 2.36. The Morgan fingerprint density at radius 2 is 2.36 bits per heavy atom. The fourth-order valence-corrected chi connectivity index (χ4v) is 1.10. The Hall–Kier alpha value is -1.76. The predicted octanol–water partition coefficient (Wildman–Crippen LogP) is 1.40. The summed E-state index contributed by atoms with van der Waals surface area (Å²) in [5.74, 6) is 0.835. The topological polar surface area (TPSA) is 65.9 Å². The molecule has 0 bridgehead atoms. The molecule has 0 amide bonds. The number of nitriles is 1. The van der Waals surface area contributed by atoms with Crippen molar-refractivity contribution in [2.45, 2.75) is 19.4 Å². The zero-order valence-electron chi connectivity index (χ0n) is 8.44. The number of pyridine rings is 1. The van der Waals surface area contributed by atoms with Crippen molar-refractivity contribution in [3.63, 3.8) is 0 Å². The molecule has 0 aliphatic carbocycles. The van der Waals surface area contributed by atoms with Gasteiger partial charge in [0.05, 0.1) is 24.4 Å². The normalized spacial score (nSPS) is 11.8. The van der Waals surface area contributed by atoms with Crippen LogP contribution in [-0.2, 0) is 0 Å². The zero-order chi connectivity index (χ0) is 10.6. The fourth-order valence-electron chi connectivity index (χ4n) is 1.10. The Labute approximate surface area is 84.0 Å². The second-order valence-electron chi connectivity index (χ2n) is 3.27. The molecule has 1 aromatic heterocycles. The zero-order valence-corrected chi connectivity index (χ0v) is 8.44. The molecule has 1 aromatic rings. The smallest absolute Gasteiger partial charge is 0.128 e. The van der Waals surface area contributed by atoms with Crippen LogP contribution in [0, 0.1) is 11.3 Å². The molecule has 1 atom stereocenters. The quantitative estimate of drug-likeness (QED) is 0.782. The predicted molar refractivity (Wildman–Crippen MR) is 56.7 cm³/mol. The molecule has 1 rings (SSSR count). The van der Waals surface area contributed by atoms with E-state index in [4.69, 9.17) is 11.0 Å². The number of hydrogen-bond donors (Lipinski definition) is 1. The van der Waals surface area contributed by atoms with Crippen LogP contribution in [0.25, 0.3) is 0 Å². The van der Waals surface area contributed by atoms with Crippen molar-refractivity contribution in [2.24, 2.45) is 0 Å². The number of nitrogen functional groups attached to an aromatic ring is 1. The first-order valence-corrected chi connectivity index (χ1v) is 4.46. The Morgan fingerprint density at radius 3 is 2.86 bits per heavy atom. The maximum atomic E-state index is 8.56. The van der Waals surface area contributed by atoms with E-state index in [1.807, 2.05) is 24.9 Å². The van der Waals surface area contributed by atoms with Gasteiger partial charge < -0.3 is 10.6 Å². The van der Waals surface area contributed by atoms with Gasteiger partial charge >= 0.3 is 0 Å². The first-order valence-electron chi connectivity index (χ1n) is 4.46. The van der Waals surface area contributed by atoms with Gasteiger partial charge in [0.15, 0.2) is 0 Å². The fraction of sp³-hybridized carbons (Fsp3) is 0.400. The Bertz CT molecular complexity index is 325. The lowest BCUT2D eigenvalue weighted by Crippen LogP contribution is -2.29. The lowest BCUT2D eigenvalue weighted by atomic mass is 10.2. The largest absolute Gasteiger partial charge is 0.397 e. The number of hydrogen-bond acceptors (Lipinski definition) is 4. The Balaban J connectivity index is 2.74. The summed E-state index contributed by atoms with van der Waals surface area (Å²) in [5.41, 5.74) is 6.18. The van der Waals surface area contributed by atoms with Crippen LogP contribution in [0.5, 0.6) is 0 Å². The van der Waals surface area contributed by atoms with Crippen molar-refractivity contribution < 1.29 is 0 Å². The van der Waals surface area contributed by atoms with E-state index in [1.54, 1.807) is 12.3 Å². The lowest BCUT2D eigenvalue weighted by Gasteiger charge is -2.23. The number of nitrogens with zero attached hydrogens (tertiary/aromatic N) is 3. The molecule has 4 nitrogen and oxygen atoms in total. The summed E-state index contributed by atoms with van der Waals surface area (Å²) in [4.78, 5) is 6.13. The molecule has 2 N–H and O–H groups in total. The van der Waals surface area contributed by atoms with Gasteiger partial charge in [0.1, 0.15) is 5.82 Å². The van der Waals surface area contributed by atoms with Crippen LogP contribution in [0.4, 0.5) is 11.5 Å². The lowest BCUT2D eigenvalue weighted by molar-refractivity contribution is 0.694. The van der Waals surface area contributed by atoms with Gasteiger partial charge in [-0.2, -0.15) is 5.26 Å². The van der Waals surface area contributed by atoms with Crippen LogP contribution in [0.1, 0.15) is 13.3 Å². The number of aromatic nitrogens is 1. The van der Waals surface area contributed by atoms with Gasteiger partial charge in [0.25, 0.3) is 0 Å². The summed E-state index contributed by atoms with van der Waals surface area (Å²) < 4.78 is 0. The molecule has 4 heteroatoms. The van der Waals surface area contributed by atoms with E-state index < -0.39 is 0 Å². The van der Waals surface area contributed by atoms with Crippen LogP contribution in [-0.4, -0.2) is 18.1 Å². The molecule has 0 fully saturated rings. The van der Waals surface area contributed by atoms with Gasteiger partial charge in [0.2, 0.25) is 0 Å². The van der Waals surface area contributed by atoms with Crippen molar-refractivity contribution in [3.8, 4) is 6.07 Å². The van der Waals surface area contributed by atoms with Crippen LogP contribution in [0.2, 0.25) is 0 Å². The maximum Gasteiger partial charge on any atom is 0.128 e. The highest BCUT2D eigenvalue weighted by atomic mass is 15.2. The summed E-state index contributed by atoms with van der Waals surface area (Å²) in [6.45, 7) is 1.99. The standard InChI is InChI=1S/C10H14N4/c1-8(5-6-11)14(2)10-4-3-9(12)7-13-10/h3-4,7-8H,5,12H2,1-2H3. The van der Waals surface area contributed by atoms with E-state index in [0.717, 1.165) is 5.82 Å². The minimum atomic E-state index is 0.163. The average molecular weight is 190 g/mol. The molecule has 1 heterocycles. The summed E-state index contributed by atoms with van der Waals surface area (Å²) in [7, 11) is 1.92. The molecular formula is C10H14N4. The van der Waals surface area contributed by atoms with E-state index in [9.17, 15) is 0 Å². The maximum absolute atomic E-state index is 8.56. The Morgan fingerprint density at radius 1 is 1.64 bits per heavy atom. The minimum absolute atomic E-state index is 0.163. The third-order valence-corrected chi connectivity index (χ3v) is 2.18. The summed E-state index contributed by atoms with van der Waals surface area (Å²) in [6.07, 6.45) is 2.10. The van der Waals surface area contributed by atoms with E-state index in [1.165, 1.54) is 0 Å². The number of nitrogens with two attached hydrogens (primary N) is 1. The molecule has 0 saturated heterocycles. The van der Waals surface area contributed by atoms with Crippen molar-refractivity contribution in [1.82, 2.24) is 4.98 Å². The molecule has 0 saturated carbocycles. The highest BCUT2D eigenvalue weighted by molar-refractivity contribution is 5.45. The van der Waals surface area contributed by atoms with Crippen LogP contribution < -0.4 is 10.6 Å². The van der Waals surface area contributed by atoms with Crippen molar-refractivity contribution in [3.05, 3.63) is 18.3 Å². The molecule has 74 valence electrons. The summed E-state index contributed by atoms with van der Waals surface area (Å²) in [5, 5.41) is 8.56. The van der Waals surface area contributed by atoms with Gasteiger partial charge in [-0.05, 0) is 19.1 Å². The van der Waals surface area contributed by atoms with Crippen LogP contribution in [0.3, 0.4) is 0 Å². The molecule has 0 aliphatic rings. The van der Waals surface area contributed by atoms with Gasteiger partial charge in [-0.15, -0.1) is 0 Å². The van der Waals surface area contributed by atoms with Gasteiger partial charge in [-0.25, -0.2) is 4.98 Å². The van der Waals surface area contributed by atoms with Gasteiger partial charge in [-0.1, -0.05) is 0 Å². The minimum Gasteiger partial charge on any atom is -0.397 e. The van der Waals surface area contributed by atoms with Gasteiger partial charge in [-0.3, -0.25) is 0 Å². The number of rotatable bonds is 3. The third-order valence-electron chi connectivity index (χ3n) is 2.18. The second-order valence-corrected chi connectivity index (χ2v) is 3.27. The highest BCUT2D eigenvalue weighted by Crippen LogP contribution is 2.14. The van der Waals surface area contributed by atoms with E-state index in [2.05, 4.69) is 11.1 Å². The molecule has 0 aliphatic heterocycles. The molecular weight excluding hydrogens is 176 g/mol. The molecule has 1 unspecified atom stereocenters. The van der Waals surface area contributed by atoms with Crippen LogP contribution in [0.15, 0.2) is 18.3 Å². The van der Waals surface area contributed by atoms with E-state index in [0.29, 0.717) is 12.1 Å². The summed E-state index contributed by atoms with van der Waals surface area (Å²) >= 11 is 0. The first kappa shape index (κ1) is 10.3. The number of anilines is 2. The first-order chi connectivity index (χ1) is 6.65. The second kappa shape index (κ2) is 4.47.